The summed E-state index contributed by atoms with van der Waals surface area (Å²) in [7, 11) is 0. The molecule has 2 nitrogen and oxygen atoms in total. The molecule has 1 unspecified atom stereocenters. The third-order valence-corrected chi connectivity index (χ3v) is 3.56. The number of carbonyl (C=O) groups is 1. The van der Waals surface area contributed by atoms with Crippen molar-refractivity contribution in [2.45, 2.75) is 39.5 Å². The van der Waals surface area contributed by atoms with Crippen molar-refractivity contribution in [1.82, 2.24) is 0 Å². The van der Waals surface area contributed by atoms with Gasteiger partial charge in [-0.25, -0.2) is 4.39 Å². The minimum Gasteiger partial charge on any atom is -0.330 e. The summed E-state index contributed by atoms with van der Waals surface area (Å²) in [5.41, 5.74) is 6.34. The molecule has 0 aliphatic carbocycles. The fraction of sp³-hybridized carbons (Fsp3) is 0.562. The lowest BCUT2D eigenvalue weighted by molar-refractivity contribution is -0.118. The average molecular weight is 265 g/mol. The Morgan fingerprint density at radius 2 is 2.05 bits per heavy atom. The van der Waals surface area contributed by atoms with Gasteiger partial charge in [-0.2, -0.15) is 0 Å². The van der Waals surface area contributed by atoms with E-state index in [4.69, 9.17) is 5.73 Å². The molecule has 106 valence electrons. The first-order valence-corrected chi connectivity index (χ1v) is 6.99. The Morgan fingerprint density at radius 3 is 2.63 bits per heavy atom. The predicted octanol–water partition coefficient (Wildman–Crippen LogP) is 3.34. The molecule has 0 saturated heterocycles. The zero-order chi connectivity index (χ0) is 14.3. The van der Waals surface area contributed by atoms with Gasteiger partial charge in [-0.15, -0.1) is 0 Å². The van der Waals surface area contributed by atoms with Crippen LogP contribution in [0.4, 0.5) is 4.39 Å². The maximum absolute atomic E-state index is 13.0. The second-order valence-corrected chi connectivity index (χ2v) is 5.47. The Hall–Kier alpha value is -1.22. The van der Waals surface area contributed by atoms with Gasteiger partial charge >= 0.3 is 0 Å². The SMILES string of the molecule is CC(C)C(CCN)CCC(=O)Cc1cccc(F)c1. The fourth-order valence-electron chi connectivity index (χ4n) is 2.33. The zero-order valence-corrected chi connectivity index (χ0v) is 11.9. The number of halogens is 1. The minimum atomic E-state index is -0.284. The van der Waals surface area contributed by atoms with Crippen molar-refractivity contribution in [2.24, 2.45) is 17.6 Å². The van der Waals surface area contributed by atoms with E-state index in [1.54, 1.807) is 12.1 Å². The van der Waals surface area contributed by atoms with Crippen LogP contribution in [0.15, 0.2) is 24.3 Å². The highest BCUT2D eigenvalue weighted by Gasteiger charge is 2.14. The Kier molecular flexibility index (Phi) is 6.71. The molecule has 0 bridgehead atoms. The van der Waals surface area contributed by atoms with Crippen LogP contribution >= 0.6 is 0 Å². The lowest BCUT2D eigenvalue weighted by Gasteiger charge is -2.19. The van der Waals surface area contributed by atoms with E-state index in [1.165, 1.54) is 12.1 Å². The largest absolute Gasteiger partial charge is 0.330 e. The van der Waals surface area contributed by atoms with Crippen LogP contribution in [-0.2, 0) is 11.2 Å². The Labute approximate surface area is 115 Å². The van der Waals surface area contributed by atoms with Crippen molar-refractivity contribution >= 4 is 5.78 Å². The van der Waals surface area contributed by atoms with Gasteiger partial charge in [-0.05, 0) is 48.9 Å². The van der Waals surface area contributed by atoms with Crippen LogP contribution in [0.2, 0.25) is 0 Å². The summed E-state index contributed by atoms with van der Waals surface area (Å²) in [5, 5.41) is 0. The molecule has 0 amide bonds. The number of carbonyl (C=O) groups excluding carboxylic acids is 1. The monoisotopic (exact) mass is 265 g/mol. The first kappa shape index (κ1) is 15.8. The van der Waals surface area contributed by atoms with Gasteiger partial charge < -0.3 is 5.73 Å². The van der Waals surface area contributed by atoms with Crippen molar-refractivity contribution < 1.29 is 9.18 Å². The summed E-state index contributed by atoms with van der Waals surface area (Å²) in [4.78, 5) is 11.9. The van der Waals surface area contributed by atoms with Gasteiger partial charge in [0.1, 0.15) is 11.6 Å². The molecule has 3 heteroatoms. The molecule has 0 saturated carbocycles. The molecule has 0 aliphatic rings. The van der Waals surface area contributed by atoms with Crippen LogP contribution in [0.25, 0.3) is 0 Å². The van der Waals surface area contributed by atoms with Gasteiger partial charge in [0.15, 0.2) is 0 Å². The number of ketones is 1. The van der Waals surface area contributed by atoms with E-state index >= 15 is 0 Å². The van der Waals surface area contributed by atoms with E-state index in [2.05, 4.69) is 13.8 Å². The highest BCUT2D eigenvalue weighted by Crippen LogP contribution is 2.21. The van der Waals surface area contributed by atoms with E-state index in [1.807, 2.05) is 0 Å². The van der Waals surface area contributed by atoms with Crippen LogP contribution in [0.1, 0.15) is 38.7 Å². The molecule has 0 spiro atoms. The molecule has 0 aromatic heterocycles. The van der Waals surface area contributed by atoms with Crippen molar-refractivity contribution in [2.75, 3.05) is 6.54 Å². The third kappa shape index (κ3) is 5.97. The second kappa shape index (κ2) is 8.05. The predicted molar refractivity (Wildman–Crippen MR) is 76.3 cm³/mol. The number of rotatable bonds is 8. The fourth-order valence-corrected chi connectivity index (χ4v) is 2.33. The highest BCUT2D eigenvalue weighted by atomic mass is 19.1. The molecule has 0 fully saturated rings. The number of hydrogen-bond donors (Lipinski definition) is 1. The quantitative estimate of drug-likeness (QED) is 0.783. The summed E-state index contributed by atoms with van der Waals surface area (Å²) in [5.74, 6) is 0.939. The van der Waals surface area contributed by atoms with E-state index in [-0.39, 0.29) is 11.6 Å². The second-order valence-electron chi connectivity index (χ2n) is 5.47. The molecule has 19 heavy (non-hydrogen) atoms. The Bertz CT molecular complexity index is 403. The number of hydrogen-bond acceptors (Lipinski definition) is 2. The molecule has 0 radical (unpaired) electrons. The third-order valence-electron chi connectivity index (χ3n) is 3.56. The van der Waals surface area contributed by atoms with Crippen molar-refractivity contribution in [3.05, 3.63) is 35.6 Å². The van der Waals surface area contributed by atoms with Gasteiger partial charge in [0.2, 0.25) is 0 Å². The molecule has 1 rings (SSSR count). The molecule has 1 aromatic rings. The van der Waals surface area contributed by atoms with Crippen molar-refractivity contribution in [3.63, 3.8) is 0 Å². The van der Waals surface area contributed by atoms with E-state index in [0.29, 0.717) is 31.2 Å². The number of nitrogens with two attached hydrogens (primary N) is 1. The molecule has 2 N–H and O–H groups in total. The van der Waals surface area contributed by atoms with Gasteiger partial charge in [0.05, 0.1) is 0 Å². The molecular weight excluding hydrogens is 241 g/mol. The van der Waals surface area contributed by atoms with Crippen LogP contribution < -0.4 is 5.73 Å². The van der Waals surface area contributed by atoms with E-state index in [9.17, 15) is 9.18 Å². The smallest absolute Gasteiger partial charge is 0.137 e. The zero-order valence-electron chi connectivity index (χ0n) is 11.9. The summed E-state index contributed by atoms with van der Waals surface area (Å²) in [6.07, 6.45) is 2.72. The standard InChI is InChI=1S/C16H24FNO/c1-12(2)14(8-9-18)6-7-16(19)11-13-4-3-5-15(17)10-13/h3-5,10,12,14H,6-9,11,18H2,1-2H3. The summed E-state index contributed by atoms with van der Waals surface area (Å²) < 4.78 is 13.0. The number of benzene rings is 1. The van der Waals surface area contributed by atoms with Gasteiger partial charge in [-0.3, -0.25) is 4.79 Å². The highest BCUT2D eigenvalue weighted by molar-refractivity contribution is 5.80. The normalized spacial score (nSPS) is 12.7. The van der Waals surface area contributed by atoms with E-state index < -0.39 is 0 Å². The molecule has 0 aliphatic heterocycles. The maximum Gasteiger partial charge on any atom is 0.137 e. The number of Topliss-reactive ketones (excluding diaryl/α,β-unsaturated/α-hetero) is 1. The van der Waals surface area contributed by atoms with Crippen LogP contribution in [0.5, 0.6) is 0 Å². The average Bonchev–Trinajstić information content (AvgIpc) is 2.34. The molecule has 1 atom stereocenters. The summed E-state index contributed by atoms with van der Waals surface area (Å²) >= 11 is 0. The van der Waals surface area contributed by atoms with Crippen LogP contribution in [-0.4, -0.2) is 12.3 Å². The van der Waals surface area contributed by atoms with Crippen LogP contribution in [0, 0.1) is 17.7 Å². The van der Waals surface area contributed by atoms with Gasteiger partial charge in [0, 0.05) is 12.8 Å². The summed E-state index contributed by atoms with van der Waals surface area (Å²) in [6.45, 7) is 5.00. The molecule has 0 heterocycles. The summed E-state index contributed by atoms with van der Waals surface area (Å²) in [6, 6.07) is 6.26. The van der Waals surface area contributed by atoms with Gasteiger partial charge in [0.25, 0.3) is 0 Å². The van der Waals surface area contributed by atoms with Crippen molar-refractivity contribution in [1.29, 1.82) is 0 Å². The first-order chi connectivity index (χ1) is 9.02. The Balaban J connectivity index is 2.42. The lowest BCUT2D eigenvalue weighted by atomic mass is 9.87. The van der Waals surface area contributed by atoms with Gasteiger partial charge in [-0.1, -0.05) is 26.0 Å². The van der Waals surface area contributed by atoms with Crippen molar-refractivity contribution in [3.8, 4) is 0 Å². The topological polar surface area (TPSA) is 43.1 Å². The van der Waals surface area contributed by atoms with Crippen LogP contribution in [0.3, 0.4) is 0 Å². The van der Waals surface area contributed by atoms with E-state index in [0.717, 1.165) is 18.4 Å². The minimum absolute atomic E-state index is 0.174. The first-order valence-electron chi connectivity index (χ1n) is 6.99. The maximum atomic E-state index is 13.0. The molecular formula is C16H24FNO. The lowest BCUT2D eigenvalue weighted by Crippen LogP contribution is -2.16. The Morgan fingerprint density at radius 1 is 1.32 bits per heavy atom. The molecule has 1 aromatic carbocycles.